The number of carbonyl (C=O) groups excluding carboxylic acids is 3. The van der Waals surface area contributed by atoms with Crippen LogP contribution in [0.1, 0.15) is 46.4 Å². The lowest BCUT2D eigenvalue weighted by molar-refractivity contribution is -0.122. The molecule has 1 saturated carbocycles. The fraction of sp³-hybridized carbons (Fsp3) is 0.318. The summed E-state index contributed by atoms with van der Waals surface area (Å²) in [7, 11) is 0. The van der Waals surface area contributed by atoms with E-state index in [1.54, 1.807) is 30.3 Å². The number of imide groups is 1. The lowest BCUT2D eigenvalue weighted by atomic mass is 9.78. The summed E-state index contributed by atoms with van der Waals surface area (Å²) < 4.78 is 14.7. The maximum absolute atomic E-state index is 14.1. The molecule has 1 aliphatic carbocycles. The predicted octanol–water partition coefficient (Wildman–Crippen LogP) is 4.63. The van der Waals surface area contributed by atoms with E-state index in [0.717, 1.165) is 19.3 Å². The van der Waals surface area contributed by atoms with Gasteiger partial charge >= 0.3 is 0 Å². The van der Waals surface area contributed by atoms with Crippen LogP contribution < -0.4 is 5.32 Å². The number of anilines is 1. The standard InChI is InChI=1S/C22H20BrFN2O3/c23-14-9-10-19(18(24)11-14)25-20(27)15-6-2-1-5-13(15)12-26-21(28)16-7-3-4-8-17(16)22(26)29/h3-4,7-11,13,15H,1-2,5-6,12H2,(H,25,27). The number of carbonyl (C=O) groups is 3. The second-order valence-electron chi connectivity index (χ2n) is 7.53. The Morgan fingerprint density at radius 1 is 1.07 bits per heavy atom. The molecule has 2 unspecified atom stereocenters. The van der Waals surface area contributed by atoms with Gasteiger partial charge in [-0.3, -0.25) is 19.3 Å². The van der Waals surface area contributed by atoms with Crippen LogP contribution in [0.2, 0.25) is 0 Å². The minimum absolute atomic E-state index is 0.128. The van der Waals surface area contributed by atoms with Crippen molar-refractivity contribution >= 4 is 39.3 Å². The van der Waals surface area contributed by atoms with E-state index in [-0.39, 0.29) is 41.8 Å². The van der Waals surface area contributed by atoms with E-state index in [0.29, 0.717) is 22.0 Å². The number of halogens is 2. The van der Waals surface area contributed by atoms with Crippen LogP contribution in [0.3, 0.4) is 0 Å². The molecule has 2 atom stereocenters. The van der Waals surface area contributed by atoms with Crippen molar-refractivity contribution in [3.63, 3.8) is 0 Å². The summed E-state index contributed by atoms with van der Waals surface area (Å²) >= 11 is 3.20. The first-order chi connectivity index (χ1) is 14.0. The SMILES string of the molecule is O=C(Nc1ccc(Br)cc1F)C1CCCCC1CN1C(=O)c2ccccc2C1=O. The Morgan fingerprint density at radius 2 is 1.72 bits per heavy atom. The smallest absolute Gasteiger partial charge is 0.261 e. The highest BCUT2D eigenvalue weighted by Gasteiger charge is 2.40. The number of amides is 3. The van der Waals surface area contributed by atoms with E-state index in [9.17, 15) is 18.8 Å². The van der Waals surface area contributed by atoms with Gasteiger partial charge in [-0.25, -0.2) is 4.39 Å². The van der Waals surface area contributed by atoms with Gasteiger partial charge in [0.2, 0.25) is 5.91 Å². The van der Waals surface area contributed by atoms with Crippen molar-refractivity contribution in [2.75, 3.05) is 11.9 Å². The molecular formula is C22H20BrFN2O3. The fourth-order valence-corrected chi connectivity index (χ4v) is 4.56. The summed E-state index contributed by atoms with van der Waals surface area (Å²) in [4.78, 5) is 39.5. The molecule has 29 heavy (non-hydrogen) atoms. The van der Waals surface area contributed by atoms with E-state index < -0.39 is 5.82 Å². The van der Waals surface area contributed by atoms with E-state index in [1.165, 1.54) is 17.0 Å². The summed E-state index contributed by atoms with van der Waals surface area (Å²) in [5.74, 6) is -1.93. The maximum Gasteiger partial charge on any atom is 0.261 e. The van der Waals surface area contributed by atoms with Gasteiger partial charge in [0.05, 0.1) is 16.8 Å². The van der Waals surface area contributed by atoms with Crippen LogP contribution in [-0.4, -0.2) is 29.2 Å². The number of fused-ring (bicyclic) bond motifs is 1. The summed E-state index contributed by atoms with van der Waals surface area (Å²) in [5.41, 5.74) is 0.945. The Balaban J connectivity index is 1.50. The molecule has 5 nitrogen and oxygen atoms in total. The molecule has 0 radical (unpaired) electrons. The number of nitrogens with one attached hydrogen (secondary N) is 1. The second-order valence-corrected chi connectivity index (χ2v) is 8.45. The first kappa shape index (κ1) is 19.8. The Kier molecular flexibility index (Phi) is 5.50. The number of rotatable bonds is 4. The highest BCUT2D eigenvalue weighted by atomic mass is 79.9. The number of hydrogen-bond acceptors (Lipinski definition) is 3. The zero-order chi connectivity index (χ0) is 20.5. The molecule has 4 rings (SSSR count). The summed E-state index contributed by atoms with van der Waals surface area (Å²) in [6, 6.07) is 11.2. The second kappa shape index (κ2) is 8.06. The van der Waals surface area contributed by atoms with Gasteiger partial charge in [-0.05, 0) is 49.1 Å². The van der Waals surface area contributed by atoms with Crippen molar-refractivity contribution in [2.24, 2.45) is 11.8 Å². The van der Waals surface area contributed by atoms with Crippen molar-refractivity contribution < 1.29 is 18.8 Å². The van der Waals surface area contributed by atoms with Gasteiger partial charge in [0.1, 0.15) is 5.82 Å². The van der Waals surface area contributed by atoms with Crippen molar-refractivity contribution in [3.05, 3.63) is 63.9 Å². The monoisotopic (exact) mass is 458 g/mol. The van der Waals surface area contributed by atoms with Gasteiger partial charge in [-0.2, -0.15) is 0 Å². The third kappa shape index (κ3) is 3.83. The molecule has 3 amide bonds. The zero-order valence-electron chi connectivity index (χ0n) is 15.7. The molecule has 1 heterocycles. The molecule has 2 aromatic carbocycles. The first-order valence-electron chi connectivity index (χ1n) is 9.67. The molecule has 0 aromatic heterocycles. The van der Waals surface area contributed by atoms with Crippen LogP contribution in [0, 0.1) is 17.7 Å². The lowest BCUT2D eigenvalue weighted by Gasteiger charge is -2.32. The van der Waals surface area contributed by atoms with E-state index in [4.69, 9.17) is 0 Å². The summed E-state index contributed by atoms with van der Waals surface area (Å²) in [6.45, 7) is 0.202. The fourth-order valence-electron chi connectivity index (χ4n) is 4.23. The normalized spacial score (nSPS) is 21.2. The molecule has 0 saturated heterocycles. The Hall–Kier alpha value is -2.54. The van der Waals surface area contributed by atoms with Crippen LogP contribution in [0.15, 0.2) is 46.9 Å². The molecule has 2 aliphatic rings. The van der Waals surface area contributed by atoms with Crippen LogP contribution in [0.5, 0.6) is 0 Å². The first-order valence-corrected chi connectivity index (χ1v) is 10.5. The van der Waals surface area contributed by atoms with Gasteiger partial charge in [-0.15, -0.1) is 0 Å². The van der Waals surface area contributed by atoms with Crippen LogP contribution in [0.4, 0.5) is 10.1 Å². The van der Waals surface area contributed by atoms with Crippen LogP contribution >= 0.6 is 15.9 Å². The van der Waals surface area contributed by atoms with Crippen LogP contribution in [-0.2, 0) is 4.79 Å². The highest BCUT2D eigenvalue weighted by molar-refractivity contribution is 9.10. The van der Waals surface area contributed by atoms with Gasteiger partial charge in [-0.1, -0.05) is 40.9 Å². The number of hydrogen-bond donors (Lipinski definition) is 1. The molecular weight excluding hydrogens is 439 g/mol. The van der Waals surface area contributed by atoms with Gasteiger partial charge in [0, 0.05) is 16.9 Å². The summed E-state index contributed by atoms with van der Waals surface area (Å²) in [5, 5.41) is 2.68. The third-order valence-corrected chi connectivity index (χ3v) is 6.22. The van der Waals surface area contributed by atoms with E-state index in [2.05, 4.69) is 21.2 Å². The highest BCUT2D eigenvalue weighted by Crippen LogP contribution is 2.34. The topological polar surface area (TPSA) is 66.5 Å². The van der Waals surface area contributed by atoms with Crippen LogP contribution in [0.25, 0.3) is 0 Å². The van der Waals surface area contributed by atoms with Gasteiger partial charge < -0.3 is 5.32 Å². The maximum atomic E-state index is 14.1. The van der Waals surface area contributed by atoms with Crippen molar-refractivity contribution in [2.45, 2.75) is 25.7 Å². The largest absolute Gasteiger partial charge is 0.323 e. The molecule has 0 bridgehead atoms. The average Bonchev–Trinajstić information content (AvgIpc) is 2.96. The number of benzene rings is 2. The number of nitrogens with zero attached hydrogens (tertiary/aromatic N) is 1. The minimum atomic E-state index is -0.513. The Bertz CT molecular complexity index is 959. The molecule has 2 aromatic rings. The van der Waals surface area contributed by atoms with E-state index >= 15 is 0 Å². The summed E-state index contributed by atoms with van der Waals surface area (Å²) in [6.07, 6.45) is 3.22. The van der Waals surface area contributed by atoms with E-state index in [1.807, 2.05) is 0 Å². The Morgan fingerprint density at radius 3 is 2.38 bits per heavy atom. The lowest BCUT2D eigenvalue weighted by Crippen LogP contribution is -2.41. The van der Waals surface area contributed by atoms with Gasteiger partial charge in [0.25, 0.3) is 11.8 Å². The predicted molar refractivity (Wildman–Crippen MR) is 110 cm³/mol. The Labute approximate surface area is 176 Å². The molecule has 150 valence electrons. The average molecular weight is 459 g/mol. The van der Waals surface area contributed by atoms with Crippen molar-refractivity contribution in [3.8, 4) is 0 Å². The zero-order valence-corrected chi connectivity index (χ0v) is 17.2. The molecule has 1 fully saturated rings. The quantitative estimate of drug-likeness (QED) is 0.679. The molecule has 1 aliphatic heterocycles. The van der Waals surface area contributed by atoms with Gasteiger partial charge in [0.15, 0.2) is 0 Å². The van der Waals surface area contributed by atoms with Crippen molar-refractivity contribution in [1.82, 2.24) is 4.90 Å². The molecule has 0 spiro atoms. The minimum Gasteiger partial charge on any atom is -0.323 e. The molecule has 1 N–H and O–H groups in total. The van der Waals surface area contributed by atoms with Crippen molar-refractivity contribution in [1.29, 1.82) is 0 Å². The molecule has 7 heteroatoms. The third-order valence-electron chi connectivity index (χ3n) is 5.73.